The van der Waals surface area contributed by atoms with Gasteiger partial charge in [-0.25, -0.2) is 9.59 Å². The molecular weight excluding hydrogens is 728 g/mol. The third-order valence-corrected chi connectivity index (χ3v) is 9.38. The van der Waals surface area contributed by atoms with Crippen LogP contribution in [0.1, 0.15) is 77.3 Å². The Morgan fingerprint density at radius 2 is 1.02 bits per heavy atom. The van der Waals surface area contributed by atoms with E-state index in [1.54, 1.807) is 0 Å². The maximum atomic E-state index is 12.7. The number of esters is 2. The Morgan fingerprint density at radius 1 is 0.643 bits per heavy atom. The molecule has 16 nitrogen and oxygen atoms in total. The molecule has 16 heteroatoms. The van der Waals surface area contributed by atoms with Crippen LogP contribution in [0.25, 0.3) is 0 Å². The van der Waals surface area contributed by atoms with E-state index in [0.29, 0.717) is 38.8 Å². The predicted octanol–water partition coefficient (Wildman–Crippen LogP) is 3.94. The molecule has 4 aliphatic rings. The Morgan fingerprint density at radius 3 is 1.38 bits per heavy atom. The van der Waals surface area contributed by atoms with Crippen LogP contribution in [0.2, 0.25) is 0 Å². The molecular formula is C40H52N4O12. The van der Waals surface area contributed by atoms with Crippen LogP contribution in [0, 0.1) is 0 Å². The van der Waals surface area contributed by atoms with Crippen molar-refractivity contribution in [3.8, 4) is 0 Å². The summed E-state index contributed by atoms with van der Waals surface area (Å²) in [4.78, 5) is 76.5. The number of hydrogen-bond donors (Lipinski definition) is 2. The molecule has 0 saturated carbocycles. The van der Waals surface area contributed by atoms with Crippen molar-refractivity contribution >= 4 is 35.9 Å². The Balaban J connectivity index is 0.000000214. The topological polar surface area (TPSA) is 188 Å². The summed E-state index contributed by atoms with van der Waals surface area (Å²) in [6, 6.07) is 16.4. The second-order valence-corrected chi connectivity index (χ2v) is 14.5. The molecule has 0 aliphatic carbocycles. The Kier molecular flexibility index (Phi) is 15.0. The van der Waals surface area contributed by atoms with E-state index < -0.39 is 60.9 Å². The summed E-state index contributed by atoms with van der Waals surface area (Å²) in [5.74, 6) is -1.48. The molecule has 4 aliphatic heterocycles. The van der Waals surface area contributed by atoms with Crippen LogP contribution < -0.4 is 10.6 Å². The van der Waals surface area contributed by atoms with Crippen LogP contribution in [-0.4, -0.2) is 108 Å². The molecule has 0 bridgehead atoms. The van der Waals surface area contributed by atoms with E-state index in [1.807, 2.05) is 88.4 Å². The van der Waals surface area contributed by atoms with Crippen molar-refractivity contribution in [1.82, 2.24) is 20.4 Å². The lowest BCUT2D eigenvalue weighted by Crippen LogP contribution is -2.51. The summed E-state index contributed by atoms with van der Waals surface area (Å²) in [5, 5.41) is 5.61. The first kappa shape index (κ1) is 41.9. The molecule has 4 saturated heterocycles. The fourth-order valence-corrected chi connectivity index (χ4v) is 6.77. The minimum absolute atomic E-state index is 0.0499. The lowest BCUT2D eigenvalue weighted by Gasteiger charge is -2.26. The molecule has 0 unspecified atom stereocenters. The molecule has 0 radical (unpaired) electrons. The van der Waals surface area contributed by atoms with Gasteiger partial charge >= 0.3 is 24.1 Å². The number of rotatable bonds is 12. The number of benzene rings is 2. The molecule has 0 aromatic heterocycles. The first-order valence-corrected chi connectivity index (χ1v) is 19.1. The number of ether oxygens (including phenoxy) is 6. The molecule has 56 heavy (non-hydrogen) atoms. The number of nitrogens with zero attached hydrogens (tertiary/aromatic N) is 2. The van der Waals surface area contributed by atoms with Crippen molar-refractivity contribution in [3.63, 3.8) is 0 Å². The number of nitrogens with one attached hydrogen (secondary N) is 2. The number of cyclic esters (lactones) is 2. The molecule has 4 amide bonds. The fourth-order valence-electron chi connectivity index (χ4n) is 6.77. The molecule has 6 rings (SSSR count). The average Bonchev–Trinajstić information content (AvgIpc) is 3.98. The van der Waals surface area contributed by atoms with Gasteiger partial charge < -0.3 is 39.1 Å². The first-order valence-electron chi connectivity index (χ1n) is 19.1. The Labute approximate surface area is 326 Å². The highest BCUT2D eigenvalue weighted by atomic mass is 16.7. The lowest BCUT2D eigenvalue weighted by atomic mass is 10.1. The van der Waals surface area contributed by atoms with E-state index in [0.717, 1.165) is 11.1 Å². The highest BCUT2D eigenvalue weighted by Gasteiger charge is 2.43. The Hall–Kier alpha value is -5.22. The van der Waals surface area contributed by atoms with Crippen LogP contribution in [0.4, 0.5) is 9.59 Å². The third-order valence-electron chi connectivity index (χ3n) is 9.38. The number of hydrogen-bond acceptors (Lipinski definition) is 12. The van der Waals surface area contributed by atoms with Crippen molar-refractivity contribution in [3.05, 3.63) is 71.8 Å². The maximum absolute atomic E-state index is 12.7. The van der Waals surface area contributed by atoms with E-state index >= 15 is 0 Å². The summed E-state index contributed by atoms with van der Waals surface area (Å²) in [7, 11) is 0. The third kappa shape index (κ3) is 11.9. The van der Waals surface area contributed by atoms with Crippen molar-refractivity contribution < 1.29 is 57.2 Å². The van der Waals surface area contributed by atoms with Crippen LogP contribution in [-0.2, 0) is 60.8 Å². The maximum Gasteiger partial charge on any atom is 0.410 e. The molecule has 2 aromatic rings. The highest BCUT2D eigenvalue weighted by molar-refractivity contribution is 5.88. The molecule has 304 valence electrons. The minimum atomic E-state index is -0.809. The van der Waals surface area contributed by atoms with E-state index in [-0.39, 0.29) is 50.1 Å². The van der Waals surface area contributed by atoms with Gasteiger partial charge in [-0.15, -0.1) is 0 Å². The van der Waals surface area contributed by atoms with Crippen LogP contribution in [0.15, 0.2) is 60.7 Å². The van der Waals surface area contributed by atoms with Gasteiger partial charge in [0.05, 0.1) is 25.0 Å². The minimum Gasteiger partial charge on any atom is -0.445 e. The number of carbonyl (C=O) groups is 6. The van der Waals surface area contributed by atoms with Crippen molar-refractivity contribution in [2.45, 2.75) is 128 Å². The van der Waals surface area contributed by atoms with Crippen molar-refractivity contribution in [2.75, 3.05) is 13.1 Å². The summed E-state index contributed by atoms with van der Waals surface area (Å²) in [6.07, 6.45) is -0.333. The summed E-state index contributed by atoms with van der Waals surface area (Å²) >= 11 is 0. The average molecular weight is 781 g/mol. The van der Waals surface area contributed by atoms with Gasteiger partial charge in [-0.05, 0) is 64.5 Å². The van der Waals surface area contributed by atoms with Crippen molar-refractivity contribution in [2.24, 2.45) is 0 Å². The standard InChI is InChI=1S/2C20H26N2O6/c2*1-13(2)27-19-15(11-17(23)28-19)21-18(24)16-9-6-10-22(16)20(25)26-12-14-7-4-3-5-8-14/h2*3-5,7-8,13,15-16,19H,6,9-12H2,1-2H3,(H,21,24)/t15-,16-,19+;15-,16-,19-/m00/s1. The highest BCUT2D eigenvalue weighted by Crippen LogP contribution is 2.24. The predicted molar refractivity (Wildman–Crippen MR) is 198 cm³/mol. The molecule has 2 N–H and O–H groups in total. The Bertz CT molecular complexity index is 1540. The molecule has 2 aromatic carbocycles. The summed E-state index contributed by atoms with van der Waals surface area (Å²) < 4.78 is 32.1. The summed E-state index contributed by atoms with van der Waals surface area (Å²) in [5.41, 5.74) is 1.76. The number of carbonyl (C=O) groups excluding carboxylic acids is 6. The SMILES string of the molecule is CC(C)O[C@@H]1OC(=O)C[C@@H]1NC(=O)[C@@H]1CCCN1C(=O)OCc1ccccc1.CC(C)O[C@H]1OC(=O)C[C@@H]1NC(=O)[C@@H]1CCCN1C(=O)OCc1ccccc1. The molecule has 4 heterocycles. The molecule has 4 fully saturated rings. The fraction of sp³-hybridized carbons (Fsp3) is 0.550. The van der Waals surface area contributed by atoms with Gasteiger partial charge in [-0.3, -0.25) is 29.0 Å². The smallest absolute Gasteiger partial charge is 0.410 e. The zero-order chi connectivity index (χ0) is 40.2. The van der Waals surface area contributed by atoms with Gasteiger partial charge in [0.15, 0.2) is 0 Å². The summed E-state index contributed by atoms with van der Waals surface area (Å²) in [6.45, 7) is 8.52. The number of likely N-dealkylation sites (tertiary alicyclic amines) is 2. The lowest BCUT2D eigenvalue weighted by molar-refractivity contribution is -0.174. The zero-order valence-corrected chi connectivity index (χ0v) is 32.3. The zero-order valence-electron chi connectivity index (χ0n) is 32.3. The van der Waals surface area contributed by atoms with Gasteiger partial charge in [0, 0.05) is 13.1 Å². The van der Waals surface area contributed by atoms with Gasteiger partial charge in [0.2, 0.25) is 24.4 Å². The van der Waals surface area contributed by atoms with Crippen LogP contribution in [0.3, 0.4) is 0 Å². The largest absolute Gasteiger partial charge is 0.445 e. The number of amides is 4. The monoisotopic (exact) mass is 780 g/mol. The van der Waals surface area contributed by atoms with Gasteiger partial charge in [0.25, 0.3) is 0 Å². The van der Waals surface area contributed by atoms with E-state index in [2.05, 4.69) is 10.6 Å². The second-order valence-electron chi connectivity index (χ2n) is 14.5. The molecule has 0 spiro atoms. The normalized spacial score (nSPS) is 24.3. The van der Waals surface area contributed by atoms with Gasteiger partial charge in [-0.1, -0.05) is 60.7 Å². The van der Waals surface area contributed by atoms with Gasteiger partial charge in [-0.2, -0.15) is 0 Å². The van der Waals surface area contributed by atoms with E-state index in [9.17, 15) is 28.8 Å². The van der Waals surface area contributed by atoms with Crippen LogP contribution in [0.5, 0.6) is 0 Å². The van der Waals surface area contributed by atoms with E-state index in [4.69, 9.17) is 28.4 Å². The van der Waals surface area contributed by atoms with Crippen molar-refractivity contribution in [1.29, 1.82) is 0 Å². The van der Waals surface area contributed by atoms with Crippen LogP contribution >= 0.6 is 0 Å². The van der Waals surface area contributed by atoms with Gasteiger partial charge in [0.1, 0.15) is 37.4 Å². The quantitative estimate of drug-likeness (QED) is 0.234. The van der Waals surface area contributed by atoms with E-state index in [1.165, 1.54) is 9.80 Å². The first-order chi connectivity index (χ1) is 26.9. The molecule has 6 atom stereocenters. The second kappa shape index (κ2) is 20.1.